The number of alkyl halides is 2. The SMILES string of the molecule is CCOC(=O)C(F)(F)[C@@H](NCC(=O)OC)C1CC1. The van der Waals surface area contributed by atoms with Gasteiger partial charge < -0.3 is 9.47 Å². The molecule has 0 aromatic heterocycles. The predicted octanol–water partition coefficient (Wildman–Crippen LogP) is 0.726. The Morgan fingerprint density at radius 2 is 2.06 bits per heavy atom. The molecule has 0 unspecified atom stereocenters. The van der Waals surface area contributed by atoms with E-state index in [1.165, 1.54) is 14.0 Å². The van der Waals surface area contributed by atoms with Crippen LogP contribution in [0.3, 0.4) is 0 Å². The number of rotatable bonds is 7. The van der Waals surface area contributed by atoms with E-state index in [0.29, 0.717) is 12.8 Å². The summed E-state index contributed by atoms with van der Waals surface area (Å²) in [5.74, 6) is -6.15. The minimum atomic E-state index is -3.63. The number of methoxy groups -OCH3 is 1. The van der Waals surface area contributed by atoms with Crippen molar-refractivity contribution in [2.75, 3.05) is 20.3 Å². The van der Waals surface area contributed by atoms with Crippen molar-refractivity contribution < 1.29 is 27.8 Å². The van der Waals surface area contributed by atoms with Crippen LogP contribution in [0.15, 0.2) is 0 Å². The highest BCUT2D eigenvalue weighted by Gasteiger charge is 2.54. The molecule has 0 aliphatic heterocycles. The Morgan fingerprint density at radius 1 is 1.44 bits per heavy atom. The lowest BCUT2D eigenvalue weighted by Crippen LogP contribution is -2.53. The summed E-state index contributed by atoms with van der Waals surface area (Å²) in [6.45, 7) is 0.997. The topological polar surface area (TPSA) is 64.6 Å². The number of esters is 2. The predicted molar refractivity (Wildman–Crippen MR) is 58.1 cm³/mol. The van der Waals surface area contributed by atoms with Crippen LogP contribution in [0.1, 0.15) is 19.8 Å². The average molecular weight is 265 g/mol. The summed E-state index contributed by atoms with van der Waals surface area (Å²) in [5, 5.41) is 2.39. The quantitative estimate of drug-likeness (QED) is 0.687. The molecule has 7 heteroatoms. The number of carbonyl (C=O) groups excluding carboxylic acids is 2. The number of ether oxygens (including phenoxy) is 2. The van der Waals surface area contributed by atoms with Crippen LogP contribution in [-0.4, -0.2) is 44.2 Å². The first-order valence-corrected chi connectivity index (χ1v) is 5.78. The molecule has 0 amide bonds. The van der Waals surface area contributed by atoms with Crippen molar-refractivity contribution in [3.63, 3.8) is 0 Å². The maximum Gasteiger partial charge on any atom is 0.378 e. The van der Waals surface area contributed by atoms with E-state index in [2.05, 4.69) is 14.8 Å². The fourth-order valence-electron chi connectivity index (χ4n) is 1.64. The zero-order valence-corrected chi connectivity index (χ0v) is 10.4. The third-order valence-electron chi connectivity index (χ3n) is 2.73. The molecule has 0 radical (unpaired) electrons. The molecule has 1 atom stereocenters. The summed E-state index contributed by atoms with van der Waals surface area (Å²) in [5.41, 5.74) is 0. The van der Waals surface area contributed by atoms with Gasteiger partial charge in [-0.15, -0.1) is 0 Å². The van der Waals surface area contributed by atoms with Crippen LogP contribution in [0.4, 0.5) is 8.78 Å². The molecule has 0 spiro atoms. The second-order valence-electron chi connectivity index (χ2n) is 4.12. The molecule has 0 bridgehead atoms. The molecular formula is C11H17F2NO4. The van der Waals surface area contributed by atoms with E-state index in [1.807, 2.05) is 0 Å². The second-order valence-corrected chi connectivity index (χ2v) is 4.12. The van der Waals surface area contributed by atoms with E-state index in [4.69, 9.17) is 0 Å². The maximum atomic E-state index is 13.8. The average Bonchev–Trinajstić information content (AvgIpc) is 3.13. The highest BCUT2D eigenvalue weighted by Crippen LogP contribution is 2.40. The number of nitrogens with one attached hydrogen (secondary N) is 1. The number of hydrogen-bond donors (Lipinski definition) is 1. The zero-order valence-electron chi connectivity index (χ0n) is 10.4. The van der Waals surface area contributed by atoms with E-state index in [0.717, 1.165) is 0 Å². The van der Waals surface area contributed by atoms with Gasteiger partial charge in [0.2, 0.25) is 0 Å². The van der Waals surface area contributed by atoms with Gasteiger partial charge in [-0.05, 0) is 25.7 Å². The monoisotopic (exact) mass is 265 g/mol. The normalized spacial score (nSPS) is 17.1. The van der Waals surface area contributed by atoms with Gasteiger partial charge in [-0.3, -0.25) is 10.1 Å². The summed E-state index contributed by atoms with van der Waals surface area (Å²) >= 11 is 0. The molecule has 1 saturated carbocycles. The Hall–Kier alpha value is -1.24. The van der Waals surface area contributed by atoms with E-state index in [9.17, 15) is 18.4 Å². The first-order chi connectivity index (χ1) is 8.43. The van der Waals surface area contributed by atoms with Crippen LogP contribution in [0.5, 0.6) is 0 Å². The zero-order chi connectivity index (χ0) is 13.8. The van der Waals surface area contributed by atoms with Gasteiger partial charge in [0.1, 0.15) is 0 Å². The highest BCUT2D eigenvalue weighted by atomic mass is 19.3. The smallest absolute Gasteiger partial charge is 0.378 e. The van der Waals surface area contributed by atoms with Crippen molar-refractivity contribution in [2.24, 2.45) is 5.92 Å². The summed E-state index contributed by atoms with van der Waals surface area (Å²) < 4.78 is 36.4. The van der Waals surface area contributed by atoms with Gasteiger partial charge in [-0.2, -0.15) is 8.78 Å². The van der Waals surface area contributed by atoms with Gasteiger partial charge in [-0.25, -0.2) is 4.79 Å². The molecular weight excluding hydrogens is 248 g/mol. The van der Waals surface area contributed by atoms with Crippen LogP contribution in [0.2, 0.25) is 0 Å². The summed E-state index contributed by atoms with van der Waals surface area (Å²) in [7, 11) is 1.17. The summed E-state index contributed by atoms with van der Waals surface area (Å²) in [6, 6.07) is -1.38. The molecule has 1 N–H and O–H groups in total. The van der Waals surface area contributed by atoms with Gasteiger partial charge in [-0.1, -0.05) is 0 Å². The molecule has 1 fully saturated rings. The number of hydrogen-bond acceptors (Lipinski definition) is 5. The Kier molecular flexibility index (Phi) is 5.01. The highest BCUT2D eigenvalue weighted by molar-refractivity contribution is 5.79. The Balaban J connectivity index is 2.65. The fourth-order valence-corrected chi connectivity index (χ4v) is 1.64. The Labute approximate surface area is 104 Å². The third-order valence-corrected chi connectivity index (χ3v) is 2.73. The fraction of sp³-hybridized carbons (Fsp3) is 0.818. The van der Waals surface area contributed by atoms with E-state index in [-0.39, 0.29) is 19.1 Å². The van der Waals surface area contributed by atoms with E-state index in [1.54, 1.807) is 0 Å². The van der Waals surface area contributed by atoms with Crippen LogP contribution < -0.4 is 5.32 Å². The van der Waals surface area contributed by atoms with E-state index >= 15 is 0 Å². The largest absolute Gasteiger partial charge is 0.468 e. The lowest BCUT2D eigenvalue weighted by atomic mass is 10.1. The molecule has 1 rings (SSSR count). The first kappa shape index (κ1) is 14.8. The molecule has 0 saturated heterocycles. The minimum absolute atomic E-state index is 0.108. The molecule has 0 aromatic rings. The molecule has 1 aliphatic carbocycles. The molecule has 5 nitrogen and oxygen atoms in total. The number of halogens is 2. The Bertz CT molecular complexity index is 318. The van der Waals surface area contributed by atoms with Gasteiger partial charge in [0, 0.05) is 0 Å². The Morgan fingerprint density at radius 3 is 2.50 bits per heavy atom. The van der Waals surface area contributed by atoms with Crippen molar-refractivity contribution in [3.8, 4) is 0 Å². The van der Waals surface area contributed by atoms with Gasteiger partial charge >= 0.3 is 17.9 Å². The molecule has 1 aliphatic rings. The summed E-state index contributed by atoms with van der Waals surface area (Å²) in [6.07, 6.45) is 1.21. The lowest BCUT2D eigenvalue weighted by Gasteiger charge is -2.25. The maximum absolute atomic E-state index is 13.8. The lowest BCUT2D eigenvalue weighted by molar-refractivity contribution is -0.177. The van der Waals surface area contributed by atoms with Crippen molar-refractivity contribution in [3.05, 3.63) is 0 Å². The van der Waals surface area contributed by atoms with Crippen molar-refractivity contribution in [2.45, 2.75) is 31.7 Å². The number of carbonyl (C=O) groups is 2. The minimum Gasteiger partial charge on any atom is -0.468 e. The summed E-state index contributed by atoms with van der Waals surface area (Å²) in [4.78, 5) is 22.2. The van der Waals surface area contributed by atoms with Crippen LogP contribution in [0.25, 0.3) is 0 Å². The van der Waals surface area contributed by atoms with Gasteiger partial charge in [0.05, 0.1) is 26.3 Å². The van der Waals surface area contributed by atoms with Gasteiger partial charge in [0.15, 0.2) is 0 Å². The first-order valence-electron chi connectivity index (χ1n) is 5.78. The van der Waals surface area contributed by atoms with Crippen molar-refractivity contribution in [1.29, 1.82) is 0 Å². The van der Waals surface area contributed by atoms with Crippen molar-refractivity contribution in [1.82, 2.24) is 5.32 Å². The second kappa shape index (κ2) is 6.08. The van der Waals surface area contributed by atoms with Crippen LogP contribution in [-0.2, 0) is 19.1 Å². The van der Waals surface area contributed by atoms with Crippen LogP contribution >= 0.6 is 0 Å². The molecule has 0 aromatic carbocycles. The molecule has 104 valence electrons. The third kappa shape index (κ3) is 3.63. The van der Waals surface area contributed by atoms with Gasteiger partial charge in [0.25, 0.3) is 0 Å². The standard InChI is InChI=1S/C11H17F2NO4/c1-3-18-10(16)11(12,13)9(7-4-5-7)14-6-8(15)17-2/h7,9,14H,3-6H2,1-2H3/t9-/m0/s1. The molecule has 0 heterocycles. The van der Waals surface area contributed by atoms with E-state index < -0.39 is 23.9 Å². The van der Waals surface area contributed by atoms with Crippen LogP contribution in [0, 0.1) is 5.92 Å². The van der Waals surface area contributed by atoms with Crippen molar-refractivity contribution >= 4 is 11.9 Å². The molecule has 18 heavy (non-hydrogen) atoms.